The van der Waals surface area contributed by atoms with Crippen LogP contribution in [0.15, 0.2) is 24.3 Å². The lowest BCUT2D eigenvalue weighted by Crippen LogP contribution is -2.41. The third-order valence-electron chi connectivity index (χ3n) is 2.98. The molecule has 0 aromatic heterocycles. The first-order valence-corrected chi connectivity index (χ1v) is 5.38. The average molecular weight is 217 g/mol. The summed E-state index contributed by atoms with van der Waals surface area (Å²) in [5.74, 6) is -0.468. The Bertz CT molecular complexity index is 428. The fourth-order valence-corrected chi connectivity index (χ4v) is 2.16. The number of hydrogen-bond acceptors (Lipinski definition) is 2. The Morgan fingerprint density at radius 1 is 1.38 bits per heavy atom. The summed E-state index contributed by atoms with van der Waals surface area (Å²) in [6.07, 6.45) is 2.50. The summed E-state index contributed by atoms with van der Waals surface area (Å²) < 4.78 is 0. The Morgan fingerprint density at radius 2 is 2.06 bits per heavy atom. The molecule has 0 saturated carbocycles. The van der Waals surface area contributed by atoms with Gasteiger partial charge in [-0.3, -0.25) is 15.5 Å². The zero-order chi connectivity index (χ0) is 11.5. The molecule has 84 valence electrons. The Balaban J connectivity index is 2.08. The fraction of sp³-hybridized carbons (Fsp3) is 0.333. The van der Waals surface area contributed by atoms with E-state index in [4.69, 9.17) is 11.1 Å². The zero-order valence-corrected chi connectivity index (χ0v) is 8.99. The predicted octanol–water partition coefficient (Wildman–Crippen LogP) is 0.801. The van der Waals surface area contributed by atoms with Crippen LogP contribution in [0, 0.1) is 11.3 Å². The van der Waals surface area contributed by atoms with Crippen molar-refractivity contribution in [1.82, 2.24) is 5.32 Å². The van der Waals surface area contributed by atoms with Crippen molar-refractivity contribution in [3.63, 3.8) is 0 Å². The molecule has 0 aliphatic heterocycles. The first kappa shape index (κ1) is 10.7. The van der Waals surface area contributed by atoms with Gasteiger partial charge in [-0.1, -0.05) is 24.3 Å². The van der Waals surface area contributed by atoms with Crippen molar-refractivity contribution in [3.8, 4) is 0 Å². The lowest BCUT2D eigenvalue weighted by Gasteiger charge is -2.23. The van der Waals surface area contributed by atoms with Gasteiger partial charge >= 0.3 is 0 Å². The van der Waals surface area contributed by atoms with Gasteiger partial charge in [0.25, 0.3) is 0 Å². The first-order chi connectivity index (χ1) is 7.66. The predicted molar refractivity (Wildman–Crippen MR) is 62.0 cm³/mol. The smallest absolute Gasteiger partial charge is 0.230 e. The molecule has 1 unspecified atom stereocenters. The van der Waals surface area contributed by atoms with Gasteiger partial charge in [-0.2, -0.15) is 0 Å². The largest absolute Gasteiger partial charge is 0.370 e. The molecule has 0 radical (unpaired) electrons. The van der Waals surface area contributed by atoms with Gasteiger partial charge in [0.05, 0.1) is 0 Å². The molecule has 0 fully saturated rings. The number of aryl methyl sites for hydroxylation is 1. The summed E-state index contributed by atoms with van der Waals surface area (Å²) in [7, 11) is 0. The van der Waals surface area contributed by atoms with Gasteiger partial charge in [0.1, 0.15) is 0 Å². The minimum absolute atomic E-state index is 0.0567. The van der Waals surface area contributed by atoms with Crippen molar-refractivity contribution in [3.05, 3.63) is 35.4 Å². The molecule has 0 saturated heterocycles. The summed E-state index contributed by atoms with van der Waals surface area (Å²) in [6, 6.07) is 8.18. The molecule has 0 heterocycles. The van der Waals surface area contributed by atoms with Crippen molar-refractivity contribution in [2.75, 3.05) is 0 Å². The molecule has 1 aromatic rings. The third kappa shape index (κ3) is 2.21. The number of hydrogen-bond donors (Lipinski definition) is 3. The second-order valence-electron chi connectivity index (χ2n) is 4.11. The van der Waals surface area contributed by atoms with Gasteiger partial charge < -0.3 is 5.73 Å². The molecule has 2 rings (SSSR count). The number of guanidine groups is 1. The minimum atomic E-state index is -0.274. The van der Waals surface area contributed by atoms with Gasteiger partial charge in [0.15, 0.2) is 5.96 Å². The summed E-state index contributed by atoms with van der Waals surface area (Å²) in [5, 5.41) is 9.40. The second-order valence-corrected chi connectivity index (χ2v) is 4.11. The monoisotopic (exact) mass is 217 g/mol. The molecule has 0 bridgehead atoms. The van der Waals surface area contributed by atoms with E-state index in [1.807, 2.05) is 12.1 Å². The number of carbonyl (C=O) groups excluding carboxylic acids is 1. The van der Waals surface area contributed by atoms with E-state index in [0.29, 0.717) is 0 Å². The van der Waals surface area contributed by atoms with E-state index in [2.05, 4.69) is 17.4 Å². The lowest BCUT2D eigenvalue weighted by atomic mass is 9.83. The van der Waals surface area contributed by atoms with Crippen molar-refractivity contribution in [2.24, 2.45) is 11.7 Å². The summed E-state index contributed by atoms with van der Waals surface area (Å²) in [5.41, 5.74) is 7.71. The van der Waals surface area contributed by atoms with Crippen LogP contribution in [0.5, 0.6) is 0 Å². The molecular weight excluding hydrogens is 202 g/mol. The van der Waals surface area contributed by atoms with Crippen molar-refractivity contribution in [2.45, 2.75) is 19.3 Å². The Kier molecular flexibility index (Phi) is 2.90. The van der Waals surface area contributed by atoms with Crippen LogP contribution in [0.3, 0.4) is 0 Å². The van der Waals surface area contributed by atoms with E-state index in [9.17, 15) is 4.79 Å². The molecule has 1 atom stereocenters. The maximum Gasteiger partial charge on any atom is 0.230 e. The minimum Gasteiger partial charge on any atom is -0.370 e. The van der Waals surface area contributed by atoms with Gasteiger partial charge in [0.2, 0.25) is 5.91 Å². The highest BCUT2D eigenvalue weighted by Crippen LogP contribution is 2.25. The molecule has 16 heavy (non-hydrogen) atoms. The highest BCUT2D eigenvalue weighted by Gasteiger charge is 2.24. The van der Waals surface area contributed by atoms with Gasteiger partial charge in [-0.25, -0.2) is 0 Å². The molecule has 1 aromatic carbocycles. The van der Waals surface area contributed by atoms with E-state index in [-0.39, 0.29) is 17.8 Å². The molecule has 1 aliphatic carbocycles. The van der Waals surface area contributed by atoms with E-state index >= 15 is 0 Å². The van der Waals surface area contributed by atoms with Crippen LogP contribution in [0.4, 0.5) is 0 Å². The number of nitrogens with one attached hydrogen (secondary N) is 2. The van der Waals surface area contributed by atoms with Gasteiger partial charge in [0, 0.05) is 5.92 Å². The van der Waals surface area contributed by atoms with Crippen molar-refractivity contribution < 1.29 is 4.79 Å². The van der Waals surface area contributed by atoms with Crippen LogP contribution in [-0.2, 0) is 17.6 Å². The summed E-state index contributed by atoms with van der Waals surface area (Å²) in [6.45, 7) is 0. The van der Waals surface area contributed by atoms with Crippen LogP contribution in [-0.4, -0.2) is 11.9 Å². The SMILES string of the molecule is N=C(N)NC(=O)C1CCc2ccccc2C1. The molecule has 4 nitrogen and oxygen atoms in total. The van der Waals surface area contributed by atoms with Crippen LogP contribution in [0.1, 0.15) is 17.5 Å². The quantitative estimate of drug-likeness (QED) is 0.480. The number of carbonyl (C=O) groups is 1. The highest BCUT2D eigenvalue weighted by atomic mass is 16.2. The molecule has 1 amide bonds. The van der Waals surface area contributed by atoms with Crippen LogP contribution < -0.4 is 11.1 Å². The van der Waals surface area contributed by atoms with E-state index in [0.717, 1.165) is 19.3 Å². The molecular formula is C12H15N3O. The second kappa shape index (κ2) is 4.35. The molecule has 0 spiro atoms. The Labute approximate surface area is 94.4 Å². The van der Waals surface area contributed by atoms with Crippen molar-refractivity contribution in [1.29, 1.82) is 5.41 Å². The third-order valence-corrected chi connectivity index (χ3v) is 2.98. The van der Waals surface area contributed by atoms with Gasteiger partial charge in [-0.05, 0) is 30.4 Å². The maximum atomic E-state index is 11.7. The number of nitrogens with two attached hydrogens (primary N) is 1. The summed E-state index contributed by atoms with van der Waals surface area (Å²) in [4.78, 5) is 11.7. The molecule has 4 N–H and O–H groups in total. The Hall–Kier alpha value is -1.84. The Morgan fingerprint density at radius 3 is 2.75 bits per heavy atom. The first-order valence-electron chi connectivity index (χ1n) is 5.38. The van der Waals surface area contributed by atoms with E-state index < -0.39 is 0 Å². The van der Waals surface area contributed by atoms with Crippen LogP contribution in [0.25, 0.3) is 0 Å². The zero-order valence-electron chi connectivity index (χ0n) is 8.99. The van der Waals surface area contributed by atoms with E-state index in [1.54, 1.807) is 0 Å². The fourth-order valence-electron chi connectivity index (χ4n) is 2.16. The van der Waals surface area contributed by atoms with Crippen LogP contribution in [0.2, 0.25) is 0 Å². The van der Waals surface area contributed by atoms with E-state index in [1.165, 1.54) is 11.1 Å². The molecule has 1 aliphatic rings. The van der Waals surface area contributed by atoms with Crippen molar-refractivity contribution >= 4 is 11.9 Å². The average Bonchev–Trinajstić information content (AvgIpc) is 2.27. The molecule has 4 heteroatoms. The maximum absolute atomic E-state index is 11.7. The van der Waals surface area contributed by atoms with Gasteiger partial charge in [-0.15, -0.1) is 0 Å². The number of fused-ring (bicyclic) bond motifs is 1. The number of rotatable bonds is 1. The van der Waals surface area contributed by atoms with Crippen LogP contribution >= 0.6 is 0 Å². The normalized spacial score (nSPS) is 18.6. The number of amides is 1. The number of benzene rings is 1. The topological polar surface area (TPSA) is 79.0 Å². The standard InChI is InChI=1S/C12H15N3O/c13-12(14)15-11(16)10-6-5-8-3-1-2-4-9(8)7-10/h1-4,10H,5-7H2,(H4,13,14,15,16). The highest BCUT2D eigenvalue weighted by molar-refractivity contribution is 5.95. The lowest BCUT2D eigenvalue weighted by molar-refractivity contribution is -0.123. The summed E-state index contributed by atoms with van der Waals surface area (Å²) >= 11 is 0.